The van der Waals surface area contributed by atoms with Crippen LogP contribution in [0.2, 0.25) is 0 Å². The molecule has 1 aromatic rings. The summed E-state index contributed by atoms with van der Waals surface area (Å²) in [6.07, 6.45) is 4.12. The molecule has 1 aromatic heterocycles. The van der Waals surface area contributed by atoms with Gasteiger partial charge in [-0.25, -0.2) is 0 Å². The highest BCUT2D eigenvalue weighted by Gasteiger charge is 2.30. The Bertz CT molecular complexity index is 393. The van der Waals surface area contributed by atoms with E-state index in [1.54, 1.807) is 0 Å². The zero-order valence-corrected chi connectivity index (χ0v) is 10.2. The molecule has 0 radical (unpaired) electrons. The predicted molar refractivity (Wildman–Crippen MR) is 61.9 cm³/mol. The van der Waals surface area contributed by atoms with Crippen LogP contribution in [0.4, 0.5) is 0 Å². The summed E-state index contributed by atoms with van der Waals surface area (Å²) >= 11 is 0. The lowest BCUT2D eigenvalue weighted by molar-refractivity contribution is -0.122. The highest BCUT2D eigenvalue weighted by atomic mass is 16.2. The third kappa shape index (κ3) is 2.26. The van der Waals surface area contributed by atoms with Gasteiger partial charge in [0.25, 0.3) is 0 Å². The minimum absolute atomic E-state index is 0.0633. The molecule has 0 saturated heterocycles. The van der Waals surface area contributed by atoms with Crippen LogP contribution >= 0.6 is 0 Å². The fraction of sp³-hybridized carbons (Fsp3) is 0.667. The minimum Gasteiger partial charge on any atom is -0.349 e. The van der Waals surface area contributed by atoms with Gasteiger partial charge < -0.3 is 5.32 Å². The molecule has 0 aliphatic heterocycles. The van der Waals surface area contributed by atoms with Crippen LogP contribution in [-0.2, 0) is 11.3 Å². The van der Waals surface area contributed by atoms with Gasteiger partial charge >= 0.3 is 0 Å². The van der Waals surface area contributed by atoms with Gasteiger partial charge in [-0.05, 0) is 33.6 Å². The van der Waals surface area contributed by atoms with Gasteiger partial charge in [-0.3, -0.25) is 9.48 Å². The molecule has 1 atom stereocenters. The van der Waals surface area contributed by atoms with Crippen molar-refractivity contribution < 1.29 is 4.79 Å². The predicted octanol–water partition coefficient (Wildman–Crippen LogP) is 1.80. The minimum atomic E-state index is 0.0633. The van der Waals surface area contributed by atoms with Gasteiger partial charge in [0, 0.05) is 24.2 Å². The van der Waals surface area contributed by atoms with E-state index in [1.165, 1.54) is 0 Å². The summed E-state index contributed by atoms with van der Waals surface area (Å²) in [4.78, 5) is 11.6. The molecule has 1 N–H and O–H groups in total. The molecule has 0 aromatic carbocycles. The third-order valence-corrected chi connectivity index (χ3v) is 3.08. The Balaban J connectivity index is 2.03. The van der Waals surface area contributed by atoms with Crippen LogP contribution in [0.1, 0.15) is 44.0 Å². The Morgan fingerprint density at radius 3 is 2.88 bits per heavy atom. The summed E-state index contributed by atoms with van der Waals surface area (Å²) in [5.74, 6) is 0.458. The molecular formula is C12H19N3O. The summed E-state index contributed by atoms with van der Waals surface area (Å²) < 4.78 is 1.91. The van der Waals surface area contributed by atoms with Gasteiger partial charge in [-0.1, -0.05) is 0 Å². The van der Waals surface area contributed by atoms with Crippen LogP contribution in [0.3, 0.4) is 0 Å². The first-order valence-corrected chi connectivity index (χ1v) is 5.96. The number of amides is 1. The average Bonchev–Trinajstić information content (AvgIpc) is 3.02. The molecule has 0 bridgehead atoms. The van der Waals surface area contributed by atoms with Crippen molar-refractivity contribution in [3.63, 3.8) is 0 Å². The quantitative estimate of drug-likeness (QED) is 0.842. The molecule has 1 unspecified atom stereocenters. The number of nitrogens with zero attached hydrogens (tertiary/aromatic N) is 2. The van der Waals surface area contributed by atoms with Gasteiger partial charge in [0.2, 0.25) is 5.91 Å². The lowest BCUT2D eigenvalue weighted by Gasteiger charge is -2.12. The highest BCUT2D eigenvalue weighted by Crippen LogP contribution is 2.30. The molecule has 1 saturated carbocycles. The first kappa shape index (κ1) is 11.2. The molecule has 88 valence electrons. The number of hydrogen-bond donors (Lipinski definition) is 1. The molecular weight excluding hydrogens is 202 g/mol. The van der Waals surface area contributed by atoms with Crippen molar-refractivity contribution in [3.05, 3.63) is 17.5 Å². The lowest BCUT2D eigenvalue weighted by Crippen LogP contribution is -2.28. The molecule has 1 aliphatic carbocycles. The summed E-state index contributed by atoms with van der Waals surface area (Å²) in [6.45, 7) is 6.93. The summed E-state index contributed by atoms with van der Waals surface area (Å²) in [7, 11) is 0. The van der Waals surface area contributed by atoms with Crippen LogP contribution in [0.25, 0.3) is 0 Å². The Morgan fingerprint density at radius 1 is 1.69 bits per heavy atom. The van der Waals surface area contributed by atoms with Crippen LogP contribution in [0.5, 0.6) is 0 Å². The normalized spacial score (nSPS) is 17.2. The third-order valence-electron chi connectivity index (χ3n) is 3.08. The largest absolute Gasteiger partial charge is 0.349 e. The van der Waals surface area contributed by atoms with E-state index in [0.29, 0.717) is 0 Å². The molecule has 1 heterocycles. The number of hydrogen-bond acceptors (Lipinski definition) is 2. The number of carbonyl (C=O) groups is 1. The highest BCUT2D eigenvalue weighted by molar-refractivity contribution is 5.81. The number of nitrogens with one attached hydrogen (secondary N) is 1. The second-order valence-electron chi connectivity index (χ2n) is 4.53. The van der Waals surface area contributed by atoms with E-state index in [1.807, 2.05) is 24.7 Å². The fourth-order valence-electron chi connectivity index (χ4n) is 1.87. The van der Waals surface area contributed by atoms with E-state index in [4.69, 9.17) is 0 Å². The van der Waals surface area contributed by atoms with Gasteiger partial charge in [0.15, 0.2) is 0 Å². The molecule has 1 fully saturated rings. The maximum atomic E-state index is 11.6. The topological polar surface area (TPSA) is 46.9 Å². The molecule has 16 heavy (non-hydrogen) atoms. The molecule has 4 heteroatoms. The molecule has 1 aliphatic rings. The van der Waals surface area contributed by atoms with E-state index < -0.39 is 0 Å². The Kier molecular flexibility index (Phi) is 2.99. The summed E-state index contributed by atoms with van der Waals surface area (Å²) in [5.41, 5.74) is 2.13. The Labute approximate surface area is 96.0 Å². The van der Waals surface area contributed by atoms with E-state index in [-0.39, 0.29) is 17.9 Å². The second kappa shape index (κ2) is 4.28. The van der Waals surface area contributed by atoms with Crippen molar-refractivity contribution in [2.75, 3.05) is 0 Å². The van der Waals surface area contributed by atoms with Crippen molar-refractivity contribution in [3.8, 4) is 0 Å². The summed E-state index contributed by atoms with van der Waals surface area (Å²) in [5, 5.41) is 7.43. The first-order chi connectivity index (χ1) is 7.61. The molecule has 1 amide bonds. The maximum absolute atomic E-state index is 11.6. The number of rotatable bonds is 4. The SMILES string of the molecule is CCn1cc(C(C)NC(=O)C2CC2)c(C)n1. The van der Waals surface area contributed by atoms with Crippen LogP contribution in [0.15, 0.2) is 6.20 Å². The van der Waals surface area contributed by atoms with Crippen molar-refractivity contribution in [1.82, 2.24) is 15.1 Å². The average molecular weight is 221 g/mol. The number of aromatic nitrogens is 2. The van der Waals surface area contributed by atoms with Crippen LogP contribution in [-0.4, -0.2) is 15.7 Å². The van der Waals surface area contributed by atoms with E-state index in [0.717, 1.165) is 30.6 Å². The molecule has 4 nitrogen and oxygen atoms in total. The van der Waals surface area contributed by atoms with Crippen molar-refractivity contribution in [2.45, 2.75) is 46.2 Å². The zero-order valence-electron chi connectivity index (χ0n) is 10.2. The van der Waals surface area contributed by atoms with Gasteiger partial charge in [-0.15, -0.1) is 0 Å². The summed E-state index contributed by atoms with van der Waals surface area (Å²) in [6, 6.07) is 0.0633. The lowest BCUT2D eigenvalue weighted by atomic mass is 10.1. The Morgan fingerprint density at radius 2 is 2.38 bits per heavy atom. The first-order valence-electron chi connectivity index (χ1n) is 5.96. The smallest absolute Gasteiger partial charge is 0.223 e. The van der Waals surface area contributed by atoms with Gasteiger partial charge in [0.1, 0.15) is 0 Å². The Hall–Kier alpha value is -1.32. The molecule has 0 spiro atoms. The van der Waals surface area contributed by atoms with E-state index in [9.17, 15) is 4.79 Å². The van der Waals surface area contributed by atoms with E-state index in [2.05, 4.69) is 17.3 Å². The standard InChI is InChI=1S/C12H19N3O/c1-4-15-7-11(9(3)14-15)8(2)13-12(16)10-5-6-10/h7-8,10H,4-6H2,1-3H3,(H,13,16). The van der Waals surface area contributed by atoms with Gasteiger partial charge in [-0.2, -0.15) is 5.10 Å². The number of carbonyl (C=O) groups excluding carboxylic acids is 1. The van der Waals surface area contributed by atoms with Crippen molar-refractivity contribution >= 4 is 5.91 Å². The molecule has 2 rings (SSSR count). The van der Waals surface area contributed by atoms with Crippen LogP contribution < -0.4 is 5.32 Å². The number of aryl methyl sites for hydroxylation is 2. The monoisotopic (exact) mass is 221 g/mol. The maximum Gasteiger partial charge on any atom is 0.223 e. The van der Waals surface area contributed by atoms with Crippen LogP contribution in [0, 0.1) is 12.8 Å². The fourth-order valence-corrected chi connectivity index (χ4v) is 1.87. The van der Waals surface area contributed by atoms with E-state index >= 15 is 0 Å². The van der Waals surface area contributed by atoms with Crippen molar-refractivity contribution in [1.29, 1.82) is 0 Å². The van der Waals surface area contributed by atoms with Gasteiger partial charge in [0.05, 0.1) is 11.7 Å². The van der Waals surface area contributed by atoms with Crippen molar-refractivity contribution in [2.24, 2.45) is 5.92 Å². The second-order valence-corrected chi connectivity index (χ2v) is 4.53. The zero-order chi connectivity index (χ0) is 11.7.